The Morgan fingerprint density at radius 3 is 2.52 bits per heavy atom. The average Bonchev–Trinajstić information content (AvgIpc) is 2.47. The van der Waals surface area contributed by atoms with Crippen LogP contribution in [0, 0.1) is 0 Å². The molecule has 0 aliphatic carbocycles. The van der Waals surface area contributed by atoms with Crippen LogP contribution in [0.5, 0.6) is 0 Å². The molecule has 3 nitrogen and oxygen atoms in total. The van der Waals surface area contributed by atoms with Crippen molar-refractivity contribution in [2.24, 2.45) is 0 Å². The first-order valence-electron chi connectivity index (χ1n) is 7.25. The Morgan fingerprint density at radius 1 is 1.14 bits per heavy atom. The maximum absolute atomic E-state index is 12.2. The monoisotopic (exact) mass is 282 g/mol. The summed E-state index contributed by atoms with van der Waals surface area (Å²) in [7, 11) is 0. The maximum Gasteiger partial charge on any atom is 0.251 e. The Labute approximate surface area is 126 Å². The van der Waals surface area contributed by atoms with Crippen LogP contribution in [-0.2, 0) is 11.8 Å². The van der Waals surface area contributed by atoms with Gasteiger partial charge in [0.25, 0.3) is 5.91 Å². The largest absolute Gasteiger partial charge is 0.352 e. The second kappa shape index (κ2) is 6.53. The van der Waals surface area contributed by atoms with Crippen molar-refractivity contribution in [1.29, 1.82) is 0 Å². The summed E-state index contributed by atoms with van der Waals surface area (Å²) in [5.74, 6) is -0.0427. The van der Waals surface area contributed by atoms with E-state index in [1.165, 1.54) is 5.56 Å². The van der Waals surface area contributed by atoms with Crippen molar-refractivity contribution in [3.05, 3.63) is 65.5 Å². The maximum atomic E-state index is 12.2. The molecular formula is C18H22N2O. The smallest absolute Gasteiger partial charge is 0.251 e. The molecule has 0 bridgehead atoms. The van der Waals surface area contributed by atoms with Crippen molar-refractivity contribution in [2.45, 2.75) is 32.6 Å². The van der Waals surface area contributed by atoms with E-state index in [0.29, 0.717) is 12.1 Å². The topological polar surface area (TPSA) is 42.0 Å². The zero-order valence-corrected chi connectivity index (χ0v) is 12.9. The molecule has 3 heteroatoms. The zero-order chi connectivity index (χ0) is 15.3. The Kier molecular flexibility index (Phi) is 4.73. The Hall–Kier alpha value is -2.16. The molecule has 1 amide bonds. The molecule has 0 unspecified atom stereocenters. The van der Waals surface area contributed by atoms with Gasteiger partial charge in [-0.05, 0) is 24.1 Å². The van der Waals surface area contributed by atoms with Gasteiger partial charge in [-0.3, -0.25) is 9.78 Å². The average molecular weight is 282 g/mol. The lowest BCUT2D eigenvalue weighted by Crippen LogP contribution is -2.26. The first-order chi connectivity index (χ1) is 9.97. The van der Waals surface area contributed by atoms with E-state index in [1.54, 1.807) is 12.3 Å². The molecule has 1 N–H and O–H groups in total. The van der Waals surface area contributed by atoms with Gasteiger partial charge >= 0.3 is 0 Å². The van der Waals surface area contributed by atoms with Crippen LogP contribution in [0.1, 0.15) is 42.4 Å². The summed E-state index contributed by atoms with van der Waals surface area (Å²) in [6, 6.07) is 13.8. The Balaban J connectivity index is 1.95. The van der Waals surface area contributed by atoms with Crippen LogP contribution in [0.4, 0.5) is 0 Å². The fourth-order valence-corrected chi connectivity index (χ4v) is 2.05. The second-order valence-corrected chi connectivity index (χ2v) is 6.17. The van der Waals surface area contributed by atoms with Gasteiger partial charge < -0.3 is 5.32 Å². The number of aromatic nitrogens is 1. The molecule has 110 valence electrons. The lowest BCUT2D eigenvalue weighted by Gasteiger charge is -2.18. The number of rotatable bonds is 4. The summed E-state index contributed by atoms with van der Waals surface area (Å²) in [6.45, 7) is 6.90. The van der Waals surface area contributed by atoms with Crippen molar-refractivity contribution < 1.29 is 4.79 Å². The molecule has 0 saturated carbocycles. The minimum absolute atomic E-state index is 0.0427. The third-order valence-corrected chi connectivity index (χ3v) is 3.33. The van der Waals surface area contributed by atoms with Crippen molar-refractivity contribution in [2.75, 3.05) is 6.54 Å². The lowest BCUT2D eigenvalue weighted by atomic mass is 9.91. The minimum atomic E-state index is -0.0552. The van der Waals surface area contributed by atoms with E-state index in [9.17, 15) is 4.79 Å². The van der Waals surface area contributed by atoms with E-state index < -0.39 is 0 Å². The molecule has 0 aliphatic rings. The van der Waals surface area contributed by atoms with Gasteiger partial charge in [0.2, 0.25) is 0 Å². The quantitative estimate of drug-likeness (QED) is 0.934. The molecule has 0 aliphatic heterocycles. The Bertz CT molecular complexity index is 600. The molecule has 2 aromatic rings. The van der Waals surface area contributed by atoms with Gasteiger partial charge in [-0.1, -0.05) is 51.1 Å². The van der Waals surface area contributed by atoms with E-state index in [2.05, 4.69) is 43.2 Å². The number of carbonyl (C=O) groups is 1. The van der Waals surface area contributed by atoms with E-state index in [-0.39, 0.29) is 11.3 Å². The highest BCUT2D eigenvalue weighted by atomic mass is 16.1. The van der Waals surface area contributed by atoms with E-state index in [1.807, 2.05) is 24.3 Å². The normalized spacial score (nSPS) is 11.2. The zero-order valence-electron chi connectivity index (χ0n) is 12.9. The van der Waals surface area contributed by atoms with Gasteiger partial charge in [-0.15, -0.1) is 0 Å². The molecule has 0 saturated heterocycles. The van der Waals surface area contributed by atoms with Gasteiger partial charge in [-0.25, -0.2) is 0 Å². The van der Waals surface area contributed by atoms with Crippen molar-refractivity contribution in [3.8, 4) is 0 Å². The summed E-state index contributed by atoms with van der Waals surface area (Å²) >= 11 is 0. The number of carbonyl (C=O) groups excluding carboxylic acids is 1. The molecule has 1 heterocycles. The summed E-state index contributed by atoms with van der Waals surface area (Å²) in [5, 5.41) is 2.96. The van der Waals surface area contributed by atoms with Gasteiger partial charge in [0, 0.05) is 29.4 Å². The van der Waals surface area contributed by atoms with Crippen molar-refractivity contribution in [1.82, 2.24) is 10.3 Å². The molecule has 1 aromatic carbocycles. The second-order valence-electron chi connectivity index (χ2n) is 6.17. The highest BCUT2D eigenvalue weighted by Gasteiger charge is 2.17. The van der Waals surface area contributed by atoms with Crippen LogP contribution in [0.2, 0.25) is 0 Å². The molecule has 1 aromatic heterocycles. The number of nitrogens with zero attached hydrogens (tertiary/aromatic N) is 1. The number of hydrogen-bond donors (Lipinski definition) is 1. The van der Waals surface area contributed by atoms with E-state index in [0.717, 1.165) is 12.1 Å². The third kappa shape index (κ3) is 4.42. The molecule has 2 rings (SSSR count). The van der Waals surface area contributed by atoms with Gasteiger partial charge in [0.15, 0.2) is 0 Å². The van der Waals surface area contributed by atoms with Crippen LogP contribution in [0.3, 0.4) is 0 Å². The molecule has 0 atom stereocenters. The number of amides is 1. The highest BCUT2D eigenvalue weighted by Crippen LogP contribution is 2.20. The predicted octanol–water partition coefficient (Wildman–Crippen LogP) is 3.35. The molecule has 0 radical (unpaired) electrons. The van der Waals surface area contributed by atoms with E-state index in [4.69, 9.17) is 0 Å². The molecular weight excluding hydrogens is 260 g/mol. The van der Waals surface area contributed by atoms with Crippen LogP contribution in [0.25, 0.3) is 0 Å². The highest BCUT2D eigenvalue weighted by molar-refractivity contribution is 5.94. The number of nitrogens with one attached hydrogen (secondary N) is 1. The summed E-state index contributed by atoms with van der Waals surface area (Å²) in [5.41, 5.74) is 2.77. The van der Waals surface area contributed by atoms with Crippen LogP contribution in [0.15, 0.2) is 48.7 Å². The SMILES string of the molecule is CC(C)(C)c1cc(C(=O)NCCc2ccccc2)ccn1. The van der Waals surface area contributed by atoms with Crippen LogP contribution < -0.4 is 5.32 Å². The fourth-order valence-electron chi connectivity index (χ4n) is 2.05. The third-order valence-electron chi connectivity index (χ3n) is 3.33. The number of benzene rings is 1. The predicted molar refractivity (Wildman–Crippen MR) is 85.4 cm³/mol. The van der Waals surface area contributed by atoms with Gasteiger partial charge in [0.05, 0.1) is 0 Å². The van der Waals surface area contributed by atoms with Crippen molar-refractivity contribution >= 4 is 5.91 Å². The summed E-state index contributed by atoms with van der Waals surface area (Å²) < 4.78 is 0. The van der Waals surface area contributed by atoms with Crippen LogP contribution >= 0.6 is 0 Å². The van der Waals surface area contributed by atoms with Crippen LogP contribution in [-0.4, -0.2) is 17.4 Å². The van der Waals surface area contributed by atoms with E-state index >= 15 is 0 Å². The fraction of sp³-hybridized carbons (Fsp3) is 0.333. The van der Waals surface area contributed by atoms with Crippen molar-refractivity contribution in [3.63, 3.8) is 0 Å². The summed E-state index contributed by atoms with van der Waals surface area (Å²) in [4.78, 5) is 16.5. The number of pyridine rings is 1. The Morgan fingerprint density at radius 2 is 1.86 bits per heavy atom. The number of hydrogen-bond acceptors (Lipinski definition) is 2. The standard InChI is InChI=1S/C18H22N2O/c1-18(2,3)16-13-15(10-12-19-16)17(21)20-11-9-14-7-5-4-6-8-14/h4-8,10,12-13H,9,11H2,1-3H3,(H,20,21). The lowest BCUT2D eigenvalue weighted by molar-refractivity contribution is 0.0954. The first-order valence-corrected chi connectivity index (χ1v) is 7.25. The molecule has 21 heavy (non-hydrogen) atoms. The molecule has 0 spiro atoms. The minimum Gasteiger partial charge on any atom is -0.352 e. The van der Waals surface area contributed by atoms with Gasteiger partial charge in [0.1, 0.15) is 0 Å². The first kappa shape index (κ1) is 15.2. The summed E-state index contributed by atoms with van der Waals surface area (Å²) in [6.07, 6.45) is 2.54. The molecule has 0 fully saturated rings. The van der Waals surface area contributed by atoms with Gasteiger partial charge in [-0.2, -0.15) is 0 Å².